The van der Waals surface area contributed by atoms with Crippen molar-refractivity contribution in [3.8, 4) is 0 Å². The van der Waals surface area contributed by atoms with Crippen molar-refractivity contribution in [1.29, 1.82) is 0 Å². The Balaban J connectivity index is 2.80. The van der Waals surface area contributed by atoms with Crippen molar-refractivity contribution < 1.29 is 9.53 Å². The summed E-state index contributed by atoms with van der Waals surface area (Å²) in [5.41, 5.74) is 5.93. The van der Waals surface area contributed by atoms with Crippen LogP contribution in [0.5, 0.6) is 0 Å². The number of nitrogens with two attached hydrogens (primary N) is 1. The van der Waals surface area contributed by atoms with Crippen molar-refractivity contribution in [2.24, 2.45) is 17.1 Å². The van der Waals surface area contributed by atoms with Gasteiger partial charge in [-0.1, -0.05) is 27.7 Å². The summed E-state index contributed by atoms with van der Waals surface area (Å²) in [6.45, 7) is 13.9. The molecule has 1 fully saturated rings. The Kier molecular flexibility index (Phi) is 6.02. The summed E-state index contributed by atoms with van der Waals surface area (Å²) in [4.78, 5) is 14.7. The maximum absolute atomic E-state index is 12.7. The van der Waals surface area contributed by atoms with Crippen LogP contribution in [0.3, 0.4) is 0 Å². The van der Waals surface area contributed by atoms with Crippen LogP contribution in [0.15, 0.2) is 0 Å². The minimum Gasteiger partial charge on any atom is -0.378 e. The van der Waals surface area contributed by atoms with Crippen molar-refractivity contribution in [1.82, 2.24) is 4.90 Å². The average Bonchev–Trinajstić information content (AvgIpc) is 2.39. The molecular formula is C16H32N2O2. The van der Waals surface area contributed by atoms with Crippen LogP contribution in [0.1, 0.15) is 54.4 Å². The van der Waals surface area contributed by atoms with Crippen molar-refractivity contribution >= 4 is 5.91 Å². The molecule has 4 unspecified atom stereocenters. The molecule has 0 aromatic heterocycles. The van der Waals surface area contributed by atoms with Gasteiger partial charge in [-0.25, -0.2) is 0 Å². The molecule has 0 bridgehead atoms. The second kappa shape index (κ2) is 6.90. The fourth-order valence-electron chi connectivity index (χ4n) is 3.02. The van der Waals surface area contributed by atoms with E-state index in [9.17, 15) is 4.79 Å². The number of nitrogens with zero attached hydrogens (tertiary/aromatic N) is 1. The number of carbonyl (C=O) groups excluding carboxylic acids is 1. The molecule has 1 saturated carbocycles. The quantitative estimate of drug-likeness (QED) is 0.781. The SMILES string of the molecule is CCCN(C(=O)C(C)C(C)N)C1CC(OCC)C1(C)C. The fourth-order valence-corrected chi connectivity index (χ4v) is 3.02. The van der Waals surface area contributed by atoms with Gasteiger partial charge in [0.1, 0.15) is 0 Å². The first-order valence-corrected chi connectivity index (χ1v) is 7.94. The van der Waals surface area contributed by atoms with Crippen LogP contribution in [0, 0.1) is 11.3 Å². The third-order valence-electron chi connectivity index (χ3n) is 4.80. The van der Waals surface area contributed by atoms with E-state index in [0.717, 1.165) is 26.0 Å². The molecule has 20 heavy (non-hydrogen) atoms. The lowest BCUT2D eigenvalue weighted by atomic mass is 9.63. The van der Waals surface area contributed by atoms with Gasteiger partial charge in [-0.05, 0) is 26.7 Å². The standard InChI is InChI=1S/C16H32N2O2/c1-7-9-18(15(19)11(3)12(4)17)13-10-14(20-8-2)16(13,5)6/h11-14H,7-10,17H2,1-6H3. The maximum atomic E-state index is 12.7. The zero-order chi connectivity index (χ0) is 15.5. The average molecular weight is 284 g/mol. The highest BCUT2D eigenvalue weighted by Gasteiger charge is 2.52. The normalized spacial score (nSPS) is 27.6. The monoisotopic (exact) mass is 284 g/mol. The molecule has 1 aliphatic rings. The van der Waals surface area contributed by atoms with E-state index in [1.807, 2.05) is 25.7 Å². The molecule has 0 radical (unpaired) electrons. The topological polar surface area (TPSA) is 55.6 Å². The molecular weight excluding hydrogens is 252 g/mol. The molecule has 1 amide bonds. The Labute approximate surface area is 124 Å². The van der Waals surface area contributed by atoms with Crippen LogP contribution in [0.4, 0.5) is 0 Å². The summed E-state index contributed by atoms with van der Waals surface area (Å²) in [6, 6.07) is 0.167. The molecule has 4 atom stereocenters. The minimum atomic E-state index is -0.122. The summed E-state index contributed by atoms with van der Waals surface area (Å²) in [6.07, 6.45) is 2.18. The predicted molar refractivity (Wildman–Crippen MR) is 82.4 cm³/mol. The molecule has 0 aromatic carbocycles. The van der Waals surface area contributed by atoms with E-state index in [-0.39, 0.29) is 35.4 Å². The number of hydrogen-bond acceptors (Lipinski definition) is 3. The Morgan fingerprint density at radius 1 is 1.40 bits per heavy atom. The second-order valence-electron chi connectivity index (χ2n) is 6.70. The van der Waals surface area contributed by atoms with Crippen molar-refractivity contribution in [2.75, 3.05) is 13.2 Å². The second-order valence-corrected chi connectivity index (χ2v) is 6.70. The number of ether oxygens (including phenoxy) is 1. The number of carbonyl (C=O) groups is 1. The highest BCUT2D eigenvalue weighted by molar-refractivity contribution is 5.79. The van der Waals surface area contributed by atoms with Gasteiger partial charge in [0.2, 0.25) is 5.91 Å². The lowest BCUT2D eigenvalue weighted by Crippen LogP contribution is -2.64. The Morgan fingerprint density at radius 2 is 2.00 bits per heavy atom. The van der Waals surface area contributed by atoms with Gasteiger partial charge in [-0.2, -0.15) is 0 Å². The van der Waals surface area contributed by atoms with Gasteiger partial charge in [-0.15, -0.1) is 0 Å². The first kappa shape index (κ1) is 17.4. The zero-order valence-electron chi connectivity index (χ0n) is 14.0. The van der Waals surface area contributed by atoms with Crippen LogP contribution in [0.25, 0.3) is 0 Å². The highest BCUT2D eigenvalue weighted by atomic mass is 16.5. The zero-order valence-corrected chi connectivity index (χ0v) is 14.0. The van der Waals surface area contributed by atoms with Gasteiger partial charge < -0.3 is 15.4 Å². The van der Waals surface area contributed by atoms with E-state index < -0.39 is 0 Å². The van der Waals surface area contributed by atoms with E-state index in [1.54, 1.807) is 0 Å². The summed E-state index contributed by atoms with van der Waals surface area (Å²) < 4.78 is 5.78. The Bertz CT molecular complexity index is 328. The van der Waals surface area contributed by atoms with Gasteiger partial charge >= 0.3 is 0 Å². The molecule has 0 aliphatic heterocycles. The molecule has 1 rings (SSSR count). The first-order valence-electron chi connectivity index (χ1n) is 7.94. The Morgan fingerprint density at radius 3 is 2.40 bits per heavy atom. The molecule has 4 nitrogen and oxygen atoms in total. The van der Waals surface area contributed by atoms with Gasteiger partial charge in [-0.3, -0.25) is 4.79 Å². The molecule has 0 heterocycles. The molecule has 0 spiro atoms. The summed E-state index contributed by atoms with van der Waals surface area (Å²) in [7, 11) is 0. The van der Waals surface area contributed by atoms with E-state index in [0.29, 0.717) is 0 Å². The molecule has 0 saturated heterocycles. The molecule has 4 heteroatoms. The molecule has 2 N–H and O–H groups in total. The van der Waals surface area contributed by atoms with Gasteiger partial charge in [0, 0.05) is 30.7 Å². The molecule has 118 valence electrons. The lowest BCUT2D eigenvalue weighted by molar-refractivity contribution is -0.170. The third-order valence-corrected chi connectivity index (χ3v) is 4.80. The van der Waals surface area contributed by atoms with Crippen LogP contribution < -0.4 is 5.73 Å². The summed E-state index contributed by atoms with van der Waals surface area (Å²) >= 11 is 0. The first-order chi connectivity index (χ1) is 9.27. The van der Waals surface area contributed by atoms with Crippen molar-refractivity contribution in [3.05, 3.63) is 0 Å². The maximum Gasteiger partial charge on any atom is 0.227 e. The number of hydrogen-bond donors (Lipinski definition) is 1. The minimum absolute atomic E-state index is 0.0262. The number of rotatable bonds is 7. The highest BCUT2D eigenvalue weighted by Crippen LogP contribution is 2.46. The fraction of sp³-hybridized carbons (Fsp3) is 0.938. The van der Waals surface area contributed by atoms with Crippen LogP contribution in [-0.4, -0.2) is 42.1 Å². The number of amides is 1. The van der Waals surface area contributed by atoms with Crippen LogP contribution in [0.2, 0.25) is 0 Å². The van der Waals surface area contributed by atoms with Gasteiger partial charge in [0.05, 0.1) is 12.0 Å². The Hall–Kier alpha value is -0.610. The summed E-state index contributed by atoms with van der Waals surface area (Å²) in [5, 5.41) is 0. The van der Waals surface area contributed by atoms with E-state index >= 15 is 0 Å². The van der Waals surface area contributed by atoms with Crippen LogP contribution >= 0.6 is 0 Å². The van der Waals surface area contributed by atoms with E-state index in [2.05, 4.69) is 20.8 Å². The summed E-state index contributed by atoms with van der Waals surface area (Å²) in [5.74, 6) is 0.0679. The molecule has 0 aromatic rings. The lowest BCUT2D eigenvalue weighted by Gasteiger charge is -2.56. The smallest absolute Gasteiger partial charge is 0.227 e. The van der Waals surface area contributed by atoms with E-state index in [1.165, 1.54) is 0 Å². The van der Waals surface area contributed by atoms with Gasteiger partial charge in [0.15, 0.2) is 0 Å². The van der Waals surface area contributed by atoms with Crippen molar-refractivity contribution in [2.45, 2.75) is 72.6 Å². The van der Waals surface area contributed by atoms with E-state index in [4.69, 9.17) is 10.5 Å². The third kappa shape index (κ3) is 3.34. The van der Waals surface area contributed by atoms with Gasteiger partial charge in [0.25, 0.3) is 0 Å². The predicted octanol–water partition coefficient (Wildman–Crippen LogP) is 2.41. The van der Waals surface area contributed by atoms with Crippen molar-refractivity contribution in [3.63, 3.8) is 0 Å². The van der Waals surface area contributed by atoms with Crippen LogP contribution in [-0.2, 0) is 9.53 Å². The molecule has 1 aliphatic carbocycles. The largest absolute Gasteiger partial charge is 0.378 e.